The van der Waals surface area contributed by atoms with E-state index >= 15 is 0 Å². The molecule has 0 aromatic heterocycles. The van der Waals surface area contributed by atoms with Crippen LogP contribution in [0.1, 0.15) is 26.7 Å². The average molecular weight is 214 g/mol. The summed E-state index contributed by atoms with van der Waals surface area (Å²) in [5.41, 5.74) is 4.68. The van der Waals surface area contributed by atoms with Crippen molar-refractivity contribution in [3.63, 3.8) is 0 Å². The van der Waals surface area contributed by atoms with Crippen LogP contribution in [0.25, 0.3) is 0 Å². The second-order valence-corrected chi connectivity index (χ2v) is 4.52. The summed E-state index contributed by atoms with van der Waals surface area (Å²) in [5.74, 6) is -1.01. The number of carboxylic acid groups (broad SMARTS) is 1. The van der Waals surface area contributed by atoms with Crippen molar-refractivity contribution in [2.75, 3.05) is 13.1 Å². The first-order chi connectivity index (χ1) is 6.87. The Kier molecular flexibility index (Phi) is 3.34. The molecule has 1 heterocycles. The lowest BCUT2D eigenvalue weighted by atomic mass is 9.82. The molecule has 1 fully saturated rings. The number of piperidine rings is 1. The molecule has 1 aliphatic heterocycles. The topological polar surface area (TPSA) is 83.6 Å². The molecule has 0 aromatic rings. The van der Waals surface area contributed by atoms with Gasteiger partial charge in [-0.3, -0.25) is 9.59 Å². The summed E-state index contributed by atoms with van der Waals surface area (Å²) in [4.78, 5) is 24.2. The highest BCUT2D eigenvalue weighted by Crippen LogP contribution is 2.29. The number of rotatable bonds is 2. The van der Waals surface area contributed by atoms with Crippen LogP contribution in [0.2, 0.25) is 0 Å². The van der Waals surface area contributed by atoms with Crippen LogP contribution in [-0.2, 0) is 9.59 Å². The lowest BCUT2D eigenvalue weighted by Gasteiger charge is -2.38. The molecule has 0 aliphatic carbocycles. The van der Waals surface area contributed by atoms with E-state index in [0.29, 0.717) is 13.0 Å². The van der Waals surface area contributed by atoms with Gasteiger partial charge >= 0.3 is 5.97 Å². The van der Waals surface area contributed by atoms with Crippen molar-refractivity contribution >= 4 is 11.9 Å². The lowest BCUT2D eigenvalue weighted by Crippen LogP contribution is -2.52. The molecule has 2 atom stereocenters. The van der Waals surface area contributed by atoms with E-state index in [1.54, 1.807) is 18.7 Å². The van der Waals surface area contributed by atoms with Crippen molar-refractivity contribution < 1.29 is 14.7 Å². The van der Waals surface area contributed by atoms with Gasteiger partial charge < -0.3 is 15.7 Å². The second-order valence-electron chi connectivity index (χ2n) is 4.52. The van der Waals surface area contributed by atoms with E-state index < -0.39 is 17.4 Å². The molecule has 0 saturated carbocycles. The summed E-state index contributed by atoms with van der Waals surface area (Å²) in [5, 5.41) is 9.07. The summed E-state index contributed by atoms with van der Waals surface area (Å²) in [6, 6.07) is -0.554. The quantitative estimate of drug-likeness (QED) is 0.680. The summed E-state index contributed by atoms with van der Waals surface area (Å²) in [6.07, 6.45) is 1.34. The van der Waals surface area contributed by atoms with Gasteiger partial charge in [-0.25, -0.2) is 0 Å². The number of nitrogens with two attached hydrogens (primary N) is 1. The first kappa shape index (κ1) is 12.0. The molecule has 3 N–H and O–H groups in total. The number of hydrogen-bond donors (Lipinski definition) is 2. The number of aliphatic carboxylic acids is 1. The van der Waals surface area contributed by atoms with Gasteiger partial charge in [-0.1, -0.05) is 0 Å². The Morgan fingerprint density at radius 2 is 2.13 bits per heavy atom. The van der Waals surface area contributed by atoms with Crippen LogP contribution in [0.4, 0.5) is 0 Å². The molecule has 1 amide bonds. The van der Waals surface area contributed by atoms with Crippen LogP contribution < -0.4 is 5.73 Å². The first-order valence-corrected chi connectivity index (χ1v) is 5.14. The van der Waals surface area contributed by atoms with Gasteiger partial charge in [-0.15, -0.1) is 0 Å². The number of likely N-dealkylation sites (tertiary alicyclic amines) is 1. The molecule has 0 bridgehead atoms. The minimum absolute atomic E-state index is 0.165. The zero-order valence-corrected chi connectivity index (χ0v) is 9.19. The van der Waals surface area contributed by atoms with Crippen molar-refractivity contribution in [1.82, 2.24) is 4.90 Å². The molecule has 86 valence electrons. The maximum Gasteiger partial charge on any atom is 0.311 e. The number of hydrogen-bond acceptors (Lipinski definition) is 3. The molecular weight excluding hydrogens is 196 g/mol. The molecule has 15 heavy (non-hydrogen) atoms. The van der Waals surface area contributed by atoms with Gasteiger partial charge in [0, 0.05) is 13.1 Å². The third kappa shape index (κ3) is 2.47. The Morgan fingerprint density at radius 1 is 1.53 bits per heavy atom. The van der Waals surface area contributed by atoms with E-state index in [0.717, 1.165) is 6.42 Å². The van der Waals surface area contributed by atoms with Gasteiger partial charge in [-0.2, -0.15) is 0 Å². The van der Waals surface area contributed by atoms with Crippen LogP contribution in [0.15, 0.2) is 0 Å². The Labute approximate surface area is 89.2 Å². The fraction of sp³-hybridized carbons (Fsp3) is 0.800. The number of carboxylic acids is 1. The normalized spacial score (nSPS) is 28.6. The number of nitrogens with zero attached hydrogens (tertiary/aromatic N) is 1. The monoisotopic (exact) mass is 214 g/mol. The van der Waals surface area contributed by atoms with Crippen LogP contribution in [0, 0.1) is 5.41 Å². The second kappa shape index (κ2) is 4.18. The van der Waals surface area contributed by atoms with E-state index in [2.05, 4.69) is 0 Å². The third-order valence-electron chi connectivity index (χ3n) is 2.91. The molecule has 5 heteroatoms. The molecule has 1 saturated heterocycles. The van der Waals surface area contributed by atoms with E-state index in [-0.39, 0.29) is 12.5 Å². The predicted octanol–water partition coefficient (Wildman–Crippen LogP) is 0.0469. The van der Waals surface area contributed by atoms with E-state index in [1.165, 1.54) is 0 Å². The summed E-state index contributed by atoms with van der Waals surface area (Å²) in [6.45, 7) is 4.18. The zero-order valence-electron chi connectivity index (χ0n) is 9.19. The highest BCUT2D eigenvalue weighted by Gasteiger charge is 2.39. The molecular formula is C10H18N2O3. The van der Waals surface area contributed by atoms with E-state index in [4.69, 9.17) is 10.8 Å². The van der Waals surface area contributed by atoms with Gasteiger partial charge in [-0.05, 0) is 26.7 Å². The Morgan fingerprint density at radius 3 is 2.60 bits per heavy atom. The Hall–Kier alpha value is -1.10. The van der Waals surface area contributed by atoms with Crippen LogP contribution >= 0.6 is 0 Å². The molecule has 1 rings (SSSR count). The van der Waals surface area contributed by atoms with E-state index in [1.807, 2.05) is 0 Å². The van der Waals surface area contributed by atoms with Gasteiger partial charge in [0.05, 0.1) is 11.5 Å². The zero-order chi connectivity index (χ0) is 11.6. The Balaban J connectivity index is 2.72. The molecule has 1 aliphatic rings. The minimum Gasteiger partial charge on any atom is -0.481 e. The number of amides is 1. The van der Waals surface area contributed by atoms with Gasteiger partial charge in [0.15, 0.2) is 0 Å². The van der Waals surface area contributed by atoms with Gasteiger partial charge in [0.1, 0.15) is 0 Å². The summed E-state index contributed by atoms with van der Waals surface area (Å²) in [7, 11) is 0. The molecule has 0 radical (unpaired) electrons. The highest BCUT2D eigenvalue weighted by atomic mass is 16.4. The van der Waals surface area contributed by atoms with Crippen molar-refractivity contribution in [3.8, 4) is 0 Å². The third-order valence-corrected chi connectivity index (χ3v) is 2.91. The fourth-order valence-electron chi connectivity index (χ4n) is 1.89. The van der Waals surface area contributed by atoms with Crippen LogP contribution in [0.3, 0.4) is 0 Å². The van der Waals surface area contributed by atoms with Gasteiger partial charge in [0.2, 0.25) is 5.91 Å². The standard InChI is InChI=1S/C10H18N2O3/c1-7(11)8(13)12-5-3-4-10(2,6-12)9(14)15/h7H,3-6,11H2,1-2H3,(H,14,15)/t7-,10?/m0/s1. The molecule has 5 nitrogen and oxygen atoms in total. The van der Waals surface area contributed by atoms with Crippen molar-refractivity contribution in [2.24, 2.45) is 11.1 Å². The Bertz CT molecular complexity index is 278. The maximum absolute atomic E-state index is 11.6. The fourth-order valence-corrected chi connectivity index (χ4v) is 1.89. The number of carbonyl (C=O) groups excluding carboxylic acids is 1. The first-order valence-electron chi connectivity index (χ1n) is 5.14. The smallest absolute Gasteiger partial charge is 0.311 e. The van der Waals surface area contributed by atoms with Crippen LogP contribution in [-0.4, -0.2) is 41.0 Å². The summed E-state index contributed by atoms with van der Waals surface area (Å²) >= 11 is 0. The maximum atomic E-state index is 11.6. The molecule has 0 aromatic carbocycles. The predicted molar refractivity (Wildman–Crippen MR) is 55.2 cm³/mol. The molecule has 0 spiro atoms. The van der Waals surface area contributed by atoms with Gasteiger partial charge in [0.25, 0.3) is 0 Å². The number of carbonyl (C=O) groups is 2. The van der Waals surface area contributed by atoms with E-state index in [9.17, 15) is 9.59 Å². The minimum atomic E-state index is -0.843. The van der Waals surface area contributed by atoms with Crippen LogP contribution in [0.5, 0.6) is 0 Å². The largest absolute Gasteiger partial charge is 0.481 e. The SMILES string of the molecule is C[C@H](N)C(=O)N1CCCC(C)(C(=O)O)C1. The molecule has 1 unspecified atom stereocenters. The highest BCUT2D eigenvalue weighted by molar-refractivity contribution is 5.83. The van der Waals surface area contributed by atoms with Crippen molar-refractivity contribution in [1.29, 1.82) is 0 Å². The van der Waals surface area contributed by atoms with Crippen molar-refractivity contribution in [3.05, 3.63) is 0 Å². The average Bonchev–Trinajstić information content (AvgIpc) is 2.16. The lowest BCUT2D eigenvalue weighted by molar-refractivity contribution is -0.153. The van der Waals surface area contributed by atoms with Crippen molar-refractivity contribution in [2.45, 2.75) is 32.7 Å². The summed E-state index contributed by atoms with van der Waals surface area (Å²) < 4.78 is 0.